The lowest BCUT2D eigenvalue weighted by Crippen LogP contribution is -1.94. The monoisotopic (exact) mass is 252 g/mol. The van der Waals surface area contributed by atoms with Gasteiger partial charge >= 0.3 is 0 Å². The van der Waals surface area contributed by atoms with Crippen molar-refractivity contribution in [1.29, 1.82) is 0 Å². The zero-order valence-electron chi connectivity index (χ0n) is 9.25. The fourth-order valence-corrected chi connectivity index (χ4v) is 2.66. The number of aryl methyl sites for hydroxylation is 1. The van der Waals surface area contributed by atoms with Crippen LogP contribution in [0.1, 0.15) is 12.6 Å². The second kappa shape index (κ2) is 4.85. The minimum atomic E-state index is 0.762. The van der Waals surface area contributed by atoms with E-state index in [1.807, 2.05) is 31.2 Å². The van der Waals surface area contributed by atoms with Gasteiger partial charge in [-0.05, 0) is 31.5 Å². The van der Waals surface area contributed by atoms with E-state index in [1.54, 1.807) is 11.3 Å². The van der Waals surface area contributed by atoms with E-state index in [0.717, 1.165) is 22.4 Å². The van der Waals surface area contributed by atoms with Gasteiger partial charge in [0.1, 0.15) is 0 Å². The molecule has 0 aliphatic heterocycles. The second-order valence-electron chi connectivity index (χ2n) is 3.47. The summed E-state index contributed by atoms with van der Waals surface area (Å²) in [5.41, 5.74) is 2.23. The zero-order valence-corrected chi connectivity index (χ0v) is 10.8. The van der Waals surface area contributed by atoms with Gasteiger partial charge in [0.2, 0.25) is 0 Å². The summed E-state index contributed by atoms with van der Waals surface area (Å²) in [7, 11) is 0. The summed E-state index contributed by atoms with van der Waals surface area (Å²) in [5.74, 6) is 0. The molecule has 1 heterocycles. The van der Waals surface area contributed by atoms with E-state index >= 15 is 0 Å². The van der Waals surface area contributed by atoms with Crippen LogP contribution in [0.15, 0.2) is 24.3 Å². The van der Waals surface area contributed by atoms with Crippen molar-refractivity contribution in [2.24, 2.45) is 0 Å². The molecule has 1 aromatic heterocycles. The average Bonchev–Trinajstić information content (AvgIpc) is 2.61. The van der Waals surface area contributed by atoms with Gasteiger partial charge in [-0.15, -0.1) is 0 Å². The third-order valence-corrected chi connectivity index (χ3v) is 3.65. The molecule has 4 heteroatoms. The van der Waals surface area contributed by atoms with Crippen LogP contribution in [0.3, 0.4) is 0 Å². The number of hydrogen-bond donors (Lipinski definition) is 1. The molecule has 2 nitrogen and oxygen atoms in total. The van der Waals surface area contributed by atoms with E-state index in [9.17, 15) is 0 Å². The fourth-order valence-electron chi connectivity index (χ4n) is 1.49. The molecule has 0 atom stereocenters. The van der Waals surface area contributed by atoms with Gasteiger partial charge in [-0.25, -0.2) is 4.98 Å². The number of nitrogens with one attached hydrogen (secondary N) is 1. The Morgan fingerprint density at radius 1 is 1.31 bits per heavy atom. The first-order chi connectivity index (χ1) is 7.70. The van der Waals surface area contributed by atoms with Crippen molar-refractivity contribution in [3.63, 3.8) is 0 Å². The van der Waals surface area contributed by atoms with E-state index in [-0.39, 0.29) is 0 Å². The summed E-state index contributed by atoms with van der Waals surface area (Å²) >= 11 is 7.55. The highest BCUT2D eigenvalue weighted by Gasteiger charge is 2.08. The molecular formula is C12H13ClN2S. The third-order valence-electron chi connectivity index (χ3n) is 2.23. The van der Waals surface area contributed by atoms with E-state index in [2.05, 4.69) is 17.2 Å². The fraction of sp³-hybridized carbons (Fsp3) is 0.250. The van der Waals surface area contributed by atoms with Crippen molar-refractivity contribution in [3.8, 4) is 10.4 Å². The summed E-state index contributed by atoms with van der Waals surface area (Å²) in [5, 5.41) is 4.97. The predicted octanol–water partition coefficient (Wildman–Crippen LogP) is 4.20. The molecule has 16 heavy (non-hydrogen) atoms. The summed E-state index contributed by atoms with van der Waals surface area (Å²) in [4.78, 5) is 5.68. The number of benzene rings is 1. The van der Waals surface area contributed by atoms with Gasteiger partial charge in [-0.2, -0.15) is 0 Å². The Morgan fingerprint density at radius 2 is 2.00 bits per heavy atom. The molecule has 0 fully saturated rings. The quantitative estimate of drug-likeness (QED) is 0.886. The van der Waals surface area contributed by atoms with Crippen LogP contribution in [0.5, 0.6) is 0 Å². The van der Waals surface area contributed by atoms with Gasteiger partial charge in [0, 0.05) is 11.6 Å². The lowest BCUT2D eigenvalue weighted by atomic mass is 10.2. The van der Waals surface area contributed by atoms with Gasteiger partial charge in [0.05, 0.1) is 10.6 Å². The summed E-state index contributed by atoms with van der Waals surface area (Å²) < 4.78 is 0. The van der Waals surface area contributed by atoms with Crippen molar-refractivity contribution >= 4 is 28.1 Å². The molecule has 2 aromatic rings. The Kier molecular flexibility index (Phi) is 3.46. The van der Waals surface area contributed by atoms with Crippen molar-refractivity contribution in [2.75, 3.05) is 11.9 Å². The molecule has 1 aromatic carbocycles. The lowest BCUT2D eigenvalue weighted by Gasteiger charge is -1.98. The van der Waals surface area contributed by atoms with Crippen LogP contribution in [0.25, 0.3) is 10.4 Å². The first-order valence-corrected chi connectivity index (χ1v) is 6.37. The van der Waals surface area contributed by atoms with Crippen LogP contribution < -0.4 is 5.32 Å². The van der Waals surface area contributed by atoms with Crippen molar-refractivity contribution in [1.82, 2.24) is 4.98 Å². The number of thiazole rings is 1. The number of hydrogen-bond acceptors (Lipinski definition) is 3. The largest absolute Gasteiger partial charge is 0.362 e. The SMILES string of the molecule is CCNc1nc(C)c(-c2ccc(Cl)cc2)s1. The Hall–Kier alpha value is -1.06. The van der Waals surface area contributed by atoms with Gasteiger partial charge in [-0.1, -0.05) is 35.1 Å². The van der Waals surface area contributed by atoms with Crippen molar-refractivity contribution in [3.05, 3.63) is 35.0 Å². The van der Waals surface area contributed by atoms with E-state index in [0.29, 0.717) is 0 Å². The van der Waals surface area contributed by atoms with Crippen molar-refractivity contribution in [2.45, 2.75) is 13.8 Å². The Bertz CT molecular complexity index is 476. The molecule has 1 N–H and O–H groups in total. The zero-order chi connectivity index (χ0) is 11.5. The number of halogens is 1. The molecule has 0 radical (unpaired) electrons. The smallest absolute Gasteiger partial charge is 0.183 e. The van der Waals surface area contributed by atoms with Gasteiger partial charge in [-0.3, -0.25) is 0 Å². The molecule has 0 saturated heterocycles. The third kappa shape index (κ3) is 2.36. The van der Waals surface area contributed by atoms with Crippen LogP contribution >= 0.6 is 22.9 Å². The van der Waals surface area contributed by atoms with E-state index in [4.69, 9.17) is 11.6 Å². The minimum absolute atomic E-state index is 0.762. The molecule has 0 aliphatic rings. The molecule has 0 saturated carbocycles. The predicted molar refractivity (Wildman–Crippen MR) is 71.5 cm³/mol. The molecular weight excluding hydrogens is 240 g/mol. The molecule has 0 bridgehead atoms. The Balaban J connectivity index is 2.36. The molecule has 0 amide bonds. The highest BCUT2D eigenvalue weighted by Crippen LogP contribution is 2.33. The molecule has 84 valence electrons. The van der Waals surface area contributed by atoms with Crippen LogP contribution in [0, 0.1) is 6.92 Å². The highest BCUT2D eigenvalue weighted by atomic mass is 35.5. The number of rotatable bonds is 3. The summed E-state index contributed by atoms with van der Waals surface area (Å²) in [6.07, 6.45) is 0. The average molecular weight is 253 g/mol. The number of aromatic nitrogens is 1. The topological polar surface area (TPSA) is 24.9 Å². The second-order valence-corrected chi connectivity index (χ2v) is 4.91. The summed E-state index contributed by atoms with van der Waals surface area (Å²) in [6, 6.07) is 7.86. The Labute approximate surface area is 104 Å². The van der Waals surface area contributed by atoms with E-state index in [1.165, 1.54) is 10.4 Å². The summed E-state index contributed by atoms with van der Waals surface area (Å²) in [6.45, 7) is 4.99. The number of nitrogens with zero attached hydrogens (tertiary/aromatic N) is 1. The van der Waals surface area contributed by atoms with Gasteiger partial charge < -0.3 is 5.32 Å². The van der Waals surface area contributed by atoms with Crippen LogP contribution in [0.4, 0.5) is 5.13 Å². The maximum absolute atomic E-state index is 5.87. The molecule has 0 unspecified atom stereocenters. The van der Waals surface area contributed by atoms with E-state index < -0.39 is 0 Å². The number of anilines is 1. The van der Waals surface area contributed by atoms with Crippen LogP contribution in [0.2, 0.25) is 5.02 Å². The highest BCUT2D eigenvalue weighted by molar-refractivity contribution is 7.19. The molecule has 0 spiro atoms. The van der Waals surface area contributed by atoms with Crippen molar-refractivity contribution < 1.29 is 0 Å². The van der Waals surface area contributed by atoms with Gasteiger partial charge in [0.15, 0.2) is 5.13 Å². The van der Waals surface area contributed by atoms with Crippen LogP contribution in [-0.2, 0) is 0 Å². The lowest BCUT2D eigenvalue weighted by molar-refractivity contribution is 1.17. The maximum Gasteiger partial charge on any atom is 0.183 e. The first kappa shape index (κ1) is 11.4. The maximum atomic E-state index is 5.87. The van der Waals surface area contributed by atoms with Crippen LogP contribution in [-0.4, -0.2) is 11.5 Å². The minimum Gasteiger partial charge on any atom is -0.362 e. The first-order valence-electron chi connectivity index (χ1n) is 5.18. The normalized spacial score (nSPS) is 10.4. The molecule has 0 aliphatic carbocycles. The molecule has 2 rings (SSSR count). The standard InChI is InChI=1S/C12H13ClN2S/c1-3-14-12-15-8(2)11(16-12)9-4-6-10(13)7-5-9/h4-7H,3H2,1-2H3,(H,14,15). The Morgan fingerprint density at radius 3 is 2.62 bits per heavy atom. The van der Waals surface area contributed by atoms with Gasteiger partial charge in [0.25, 0.3) is 0 Å².